The molecule has 176 valence electrons. The second-order valence-corrected chi connectivity index (χ2v) is 9.21. The summed E-state index contributed by atoms with van der Waals surface area (Å²) in [6.45, 7) is 3.13. The molecule has 0 aliphatic carbocycles. The molecule has 0 radical (unpaired) electrons. The van der Waals surface area contributed by atoms with Gasteiger partial charge in [0.25, 0.3) is 11.7 Å². The average Bonchev–Trinajstić information content (AvgIpc) is 2.83. The molecule has 1 aliphatic rings. The van der Waals surface area contributed by atoms with Gasteiger partial charge in [-0.25, -0.2) is 9.78 Å². The molecule has 5 rings (SSSR count). The molecule has 1 aliphatic heterocycles. The van der Waals surface area contributed by atoms with Crippen LogP contribution in [0.4, 0.5) is 0 Å². The molecule has 0 amide bonds. The lowest BCUT2D eigenvalue weighted by atomic mass is 9.82. The molecular formula is C28H24ClN2O4+. The molecule has 0 fully saturated rings. The Hall–Kier alpha value is -3.90. The van der Waals surface area contributed by atoms with Gasteiger partial charge in [-0.2, -0.15) is 4.57 Å². The molecule has 0 bridgehead atoms. The van der Waals surface area contributed by atoms with Crippen molar-refractivity contribution in [3.63, 3.8) is 0 Å². The fourth-order valence-electron chi connectivity index (χ4n) is 4.48. The molecule has 4 aromatic rings. The summed E-state index contributed by atoms with van der Waals surface area (Å²) in [7, 11) is 0. The van der Waals surface area contributed by atoms with E-state index in [1.807, 2.05) is 89.8 Å². The van der Waals surface area contributed by atoms with E-state index in [0.717, 1.165) is 10.9 Å². The van der Waals surface area contributed by atoms with Crippen LogP contribution in [0.15, 0.2) is 103 Å². The van der Waals surface area contributed by atoms with Gasteiger partial charge in [-0.15, -0.1) is 0 Å². The molecule has 2 aromatic heterocycles. The number of para-hydroxylation sites is 1. The Balaban J connectivity index is 1.80. The van der Waals surface area contributed by atoms with Gasteiger partial charge in [-0.05, 0) is 23.8 Å². The first-order valence-electron chi connectivity index (χ1n) is 11.3. The molecule has 6 nitrogen and oxygen atoms in total. The van der Waals surface area contributed by atoms with E-state index >= 15 is 0 Å². The van der Waals surface area contributed by atoms with Gasteiger partial charge >= 0.3 is 5.97 Å². The van der Waals surface area contributed by atoms with Crippen LogP contribution >= 0.6 is 11.6 Å². The van der Waals surface area contributed by atoms with Crippen LogP contribution < -0.4 is 4.57 Å². The van der Waals surface area contributed by atoms with E-state index in [9.17, 15) is 9.90 Å². The predicted molar refractivity (Wildman–Crippen MR) is 132 cm³/mol. The molecular weight excluding hydrogens is 464 g/mol. The zero-order chi connectivity index (χ0) is 24.6. The molecule has 3 heterocycles. The van der Waals surface area contributed by atoms with E-state index in [0.29, 0.717) is 16.3 Å². The molecule has 35 heavy (non-hydrogen) atoms. The maximum absolute atomic E-state index is 13.3. The average molecular weight is 488 g/mol. The molecule has 2 atom stereocenters. The first-order chi connectivity index (χ1) is 16.8. The van der Waals surface area contributed by atoms with Crippen molar-refractivity contribution in [2.24, 2.45) is 0 Å². The number of carbonyl (C=O) groups is 1. The Morgan fingerprint density at radius 1 is 0.914 bits per heavy atom. The van der Waals surface area contributed by atoms with E-state index < -0.39 is 29.7 Å². The number of aliphatic hydroxyl groups excluding tert-OH is 1. The molecule has 0 saturated heterocycles. The Morgan fingerprint density at radius 3 is 2.37 bits per heavy atom. The van der Waals surface area contributed by atoms with Gasteiger partial charge in [-0.3, -0.25) is 0 Å². The summed E-state index contributed by atoms with van der Waals surface area (Å²) in [6, 6.07) is 24.1. The van der Waals surface area contributed by atoms with E-state index in [4.69, 9.17) is 26.1 Å². The minimum atomic E-state index is -1.30. The summed E-state index contributed by atoms with van der Waals surface area (Å²) in [5.74, 6) is -3.23. The number of aromatic nitrogens is 2. The Morgan fingerprint density at radius 2 is 1.63 bits per heavy atom. The monoisotopic (exact) mass is 487 g/mol. The third kappa shape index (κ3) is 4.45. The van der Waals surface area contributed by atoms with Crippen molar-refractivity contribution in [2.45, 2.75) is 31.6 Å². The quantitative estimate of drug-likeness (QED) is 0.292. The molecule has 0 saturated carbocycles. The Bertz CT molecular complexity index is 1440. The van der Waals surface area contributed by atoms with Crippen LogP contribution in [0.25, 0.3) is 10.9 Å². The Labute approximate surface area is 208 Å². The lowest BCUT2D eigenvalue weighted by Crippen LogP contribution is -2.47. The number of ether oxygens (including phenoxy) is 2. The summed E-state index contributed by atoms with van der Waals surface area (Å²) in [4.78, 5) is 18.3. The first kappa shape index (κ1) is 22.9. The number of benzene rings is 2. The second kappa shape index (κ2) is 9.04. The number of aliphatic hydroxyl groups is 1. The minimum Gasteiger partial charge on any atom is -0.480 e. The van der Waals surface area contributed by atoms with Crippen LogP contribution in [0.5, 0.6) is 0 Å². The number of esters is 1. The highest BCUT2D eigenvalue weighted by molar-refractivity contribution is 6.31. The Kier molecular flexibility index (Phi) is 5.91. The van der Waals surface area contributed by atoms with Crippen molar-refractivity contribution in [3.05, 3.63) is 119 Å². The normalized spacial score (nSPS) is 16.9. The summed E-state index contributed by atoms with van der Waals surface area (Å²) in [6.07, 6.45) is 3.78. The zero-order valence-electron chi connectivity index (χ0n) is 19.3. The van der Waals surface area contributed by atoms with Crippen LogP contribution in [0.1, 0.15) is 37.1 Å². The van der Waals surface area contributed by atoms with Crippen LogP contribution in [0.3, 0.4) is 0 Å². The number of hydrogen-bond acceptors (Lipinski definition) is 5. The summed E-state index contributed by atoms with van der Waals surface area (Å²) in [5.41, 5.74) is 2.11. The van der Waals surface area contributed by atoms with E-state index in [2.05, 4.69) is 0 Å². The lowest BCUT2D eigenvalue weighted by Gasteiger charge is -2.34. The van der Waals surface area contributed by atoms with E-state index in [1.165, 1.54) is 0 Å². The lowest BCUT2D eigenvalue weighted by molar-refractivity contribution is -0.716. The highest BCUT2D eigenvalue weighted by atomic mass is 35.5. The number of nitrogens with zero attached hydrogens (tertiary/aromatic N) is 2. The number of fused-ring (bicyclic) bond motifs is 1. The van der Waals surface area contributed by atoms with Crippen LogP contribution in [0, 0.1) is 0 Å². The topological polar surface area (TPSA) is 72.5 Å². The number of cyclic esters (lactones) is 1. The highest BCUT2D eigenvalue weighted by Gasteiger charge is 2.47. The smallest absolute Gasteiger partial charge is 0.345 e. The summed E-state index contributed by atoms with van der Waals surface area (Å²) >= 11 is 6.68. The van der Waals surface area contributed by atoms with E-state index in [-0.39, 0.29) is 5.57 Å². The van der Waals surface area contributed by atoms with E-state index in [1.54, 1.807) is 19.9 Å². The van der Waals surface area contributed by atoms with Crippen LogP contribution in [-0.2, 0) is 14.3 Å². The molecule has 0 spiro atoms. The predicted octanol–water partition coefficient (Wildman–Crippen LogP) is 5.63. The summed E-state index contributed by atoms with van der Waals surface area (Å²) < 4.78 is 13.1. The number of halogens is 1. The maximum Gasteiger partial charge on any atom is 0.345 e. The number of pyridine rings is 2. The molecule has 2 unspecified atom stereocenters. The van der Waals surface area contributed by atoms with Gasteiger partial charge in [0.05, 0.1) is 11.4 Å². The largest absolute Gasteiger partial charge is 0.480 e. The molecule has 1 N–H and O–H groups in total. The van der Waals surface area contributed by atoms with Gasteiger partial charge in [0.1, 0.15) is 11.3 Å². The fourth-order valence-corrected chi connectivity index (χ4v) is 4.74. The van der Waals surface area contributed by atoms with Crippen molar-refractivity contribution in [1.29, 1.82) is 0 Å². The van der Waals surface area contributed by atoms with Gasteiger partial charge in [0, 0.05) is 36.4 Å². The van der Waals surface area contributed by atoms with Gasteiger partial charge in [0.15, 0.2) is 12.4 Å². The van der Waals surface area contributed by atoms with Gasteiger partial charge in [0.2, 0.25) is 6.04 Å². The van der Waals surface area contributed by atoms with Gasteiger partial charge in [-0.1, -0.05) is 60.1 Å². The number of rotatable bonds is 5. The third-order valence-corrected chi connectivity index (χ3v) is 6.33. The standard InChI is InChI=1S/C28H23ClN2O4/c1-28(2)34-26(32)24(27(33)35-28)23(19-11-5-6-12-20(19)29)25(31-16-8-3-9-17-31)22-15-14-18-10-4-7-13-21(18)30-22/h3-17,23,25H,1-2H3/p+1. The zero-order valence-corrected chi connectivity index (χ0v) is 20.0. The van der Waals surface area contributed by atoms with Crippen molar-refractivity contribution in [3.8, 4) is 0 Å². The van der Waals surface area contributed by atoms with Crippen molar-refractivity contribution in [2.75, 3.05) is 0 Å². The summed E-state index contributed by atoms with van der Waals surface area (Å²) in [5, 5.41) is 12.4. The first-order valence-corrected chi connectivity index (χ1v) is 11.6. The number of hydrogen-bond donors (Lipinski definition) is 1. The third-order valence-electron chi connectivity index (χ3n) is 5.98. The molecule has 2 aromatic carbocycles. The van der Waals surface area contributed by atoms with Crippen LogP contribution in [-0.4, -0.2) is 21.8 Å². The maximum atomic E-state index is 13.3. The SMILES string of the molecule is CC1(C)OC(=O)C(C(c2ccccc2Cl)C(c2ccc3ccccc3n2)[n+]2ccccc2)=C(O)O1. The van der Waals surface area contributed by atoms with Crippen LogP contribution in [0.2, 0.25) is 5.02 Å². The van der Waals surface area contributed by atoms with Crippen molar-refractivity contribution in [1.82, 2.24) is 4.98 Å². The molecule has 7 heteroatoms. The minimum absolute atomic E-state index is 0.0197. The van der Waals surface area contributed by atoms with Gasteiger partial charge < -0.3 is 14.6 Å². The number of carbonyl (C=O) groups excluding carboxylic acids is 1. The van der Waals surface area contributed by atoms with Crippen molar-refractivity contribution >= 4 is 28.5 Å². The van der Waals surface area contributed by atoms with Crippen molar-refractivity contribution < 1.29 is 23.9 Å². The highest BCUT2D eigenvalue weighted by Crippen LogP contribution is 2.43. The second-order valence-electron chi connectivity index (χ2n) is 8.81. The fraction of sp³-hybridized carbons (Fsp3) is 0.179.